The topological polar surface area (TPSA) is 654 Å². The van der Waals surface area contributed by atoms with E-state index in [1.165, 1.54) is 70.1 Å². The summed E-state index contributed by atoms with van der Waals surface area (Å²) in [5.74, 6) is 2.22. The maximum Gasteiger partial charge on any atom is 0.280 e. The molecule has 2 bridgehead atoms. The lowest BCUT2D eigenvalue weighted by Gasteiger charge is -2.32. The summed E-state index contributed by atoms with van der Waals surface area (Å²) in [6, 6.07) is 0. The molecule has 12 aromatic rings. The number of nitrogens with one attached hydrogen (secondary N) is 6. The lowest BCUT2D eigenvalue weighted by atomic mass is 9.95. The van der Waals surface area contributed by atoms with Gasteiger partial charge < -0.3 is 110 Å². The fourth-order valence-electron chi connectivity index (χ4n) is 18.6. The van der Waals surface area contributed by atoms with Crippen LogP contribution in [0.25, 0.3) is 67.0 Å². The maximum atomic E-state index is 14.6. The van der Waals surface area contributed by atoms with Gasteiger partial charge in [0.1, 0.15) is 100 Å². The van der Waals surface area contributed by atoms with Crippen LogP contribution in [0.3, 0.4) is 0 Å². The van der Waals surface area contributed by atoms with Gasteiger partial charge >= 0.3 is 0 Å². The van der Waals surface area contributed by atoms with Crippen LogP contribution in [0, 0.1) is 34.6 Å². The van der Waals surface area contributed by atoms with E-state index >= 15 is 0 Å². The average Bonchev–Trinajstić information content (AvgIpc) is 1.56. The molecule has 12 aromatic heterocycles. The second kappa shape index (κ2) is 43.3. The predicted molar refractivity (Wildman–Crippen MR) is 584 cm³/mol. The Labute approximate surface area is 856 Å². The van der Waals surface area contributed by atoms with Gasteiger partial charge in [0, 0.05) is 0 Å². The van der Waals surface area contributed by atoms with Crippen molar-refractivity contribution in [1.29, 1.82) is 0 Å². The zero-order valence-electron chi connectivity index (χ0n) is 86.8. The number of aliphatic hydroxyl groups is 9. The predicted octanol–water partition coefficient (Wildman–Crippen LogP) is 3.96. The third kappa shape index (κ3) is 25.0. The smallest absolute Gasteiger partial charge is 0.280 e. The molecule has 0 spiro atoms. The van der Waals surface area contributed by atoms with Crippen molar-refractivity contribution in [2.24, 2.45) is 0 Å². The highest BCUT2D eigenvalue weighted by Gasteiger charge is 2.62. The van der Waals surface area contributed by atoms with Crippen LogP contribution in [-0.2, 0) is 33.2 Å². The molecule has 0 aliphatic carbocycles. The van der Waals surface area contributed by atoms with Gasteiger partial charge in [-0.1, -0.05) is 0 Å². The number of hydrogen-bond donors (Lipinski definition) is 16. The van der Waals surface area contributed by atoms with Gasteiger partial charge in [0.2, 0.25) is 5.95 Å². The van der Waals surface area contributed by atoms with Crippen LogP contribution in [-0.4, -0.2) is 432 Å². The van der Waals surface area contributed by atoms with Gasteiger partial charge in [-0.2, -0.15) is 4.98 Å². The van der Waals surface area contributed by atoms with Crippen LogP contribution >= 0.6 is 52.9 Å². The number of rotatable bonds is 24. The molecule has 55 heteroatoms. The molecule has 7 fully saturated rings. The lowest BCUT2D eigenvalue weighted by Crippen LogP contribution is -2.43. The summed E-state index contributed by atoms with van der Waals surface area (Å²) in [6.45, 7) is 31.5. The number of imidazole rings is 6. The molecule has 47 nitrogen and oxygen atoms in total. The molecule has 814 valence electrons. The molecule has 0 radical (unpaired) electrons. The van der Waals surface area contributed by atoms with E-state index in [1.807, 2.05) is 0 Å². The summed E-state index contributed by atoms with van der Waals surface area (Å²) in [6.07, 6.45) is 26.4. The van der Waals surface area contributed by atoms with Crippen LogP contribution in [0.5, 0.6) is 0 Å². The number of hydrogen-bond acceptors (Lipinski definition) is 35. The van der Waals surface area contributed by atoms with Gasteiger partial charge in [-0.3, -0.25) is 61.2 Å². The Kier molecular flexibility index (Phi) is 33.6. The number of halogens is 2. The van der Waals surface area contributed by atoms with Gasteiger partial charge in [0.05, 0.1) is 74.6 Å². The highest BCUT2D eigenvalue weighted by molar-refractivity contribution is 7.73. The van der Waals surface area contributed by atoms with E-state index in [9.17, 15) is 79.1 Å². The van der Waals surface area contributed by atoms with Crippen molar-refractivity contribution in [2.75, 3.05) is 129 Å². The van der Waals surface area contributed by atoms with Gasteiger partial charge in [0.15, 0.2) is 111 Å². The molecule has 148 heavy (non-hydrogen) atoms. The van der Waals surface area contributed by atoms with Crippen LogP contribution in [0.1, 0.15) is 126 Å². The number of nitrogens with two attached hydrogens (primary N) is 1. The standard InChI is InChI=1S/C16H23N4O4P.2C16H25N4O4P.C15H22ClN4O3P.C15H22FN4O3P.C15H24N5O4P/c1-9-18-13-10(14(22)19-9)17-8-20(13)15-11-12(21)16(24-15,7-23-11)5-6-25(2,3)4;1-9-18-13-10(14(23)19-9)17-8-20(13)15-11(21)12(22)16(2,24-15)6-7-25(3,4)5;1-9-18-13-11(14(22)19-9)17-8-20(13)15-16(2,23)12(21)10(24-15)6-7-25(3,4)5;2*1-8-18-13-11(14(22)19-8)17-7-20(13)15-10(16)12(21)9(23-15)5-6-24(2,3)4;1-15(23)10(21)8(5-6-25(2,3)4)24-13(15)20-7-17-9-11(20)18-14(16)19-12(9)22/h8,11-12,15,21H,2,5-7H2,1,3-4H3,(H,18,19,22);8,11-12,15,21-22H,3,6-7H2,1-2,4-5H3,(H,18,19,23);8,10,12,15,21,23H,3,6-7H2,1-2,4-5H3,(H,18,19,22);2*7,9-10,12,15,21H,2,5-6H2,1,3-4H3,(H,18,19,22);7-8,10,13,21,23H,2,5-6H2,1,3-4H3,(H3,16,18,19,22)/t11-,12+,15-,16+;11-,12+,15-,16-;10-,12-,15-,16+;2*9-,10-,12-,15-;8-,10-,13-,15-/m111111/s1. The molecule has 19 heterocycles. The molecule has 0 amide bonds. The minimum atomic E-state index is -1.61. The fourth-order valence-corrected chi connectivity index (χ4v) is 24.8. The zero-order valence-corrected chi connectivity index (χ0v) is 93.0. The maximum absolute atomic E-state index is 14.6. The molecule has 24 atom stereocenters. The molecule has 7 aliphatic rings. The van der Waals surface area contributed by atoms with Crippen molar-refractivity contribution in [3.63, 3.8) is 0 Å². The Hall–Kier alpha value is -8.72. The number of ether oxygens (including phenoxy) is 7. The third-order valence-electron chi connectivity index (χ3n) is 27.0. The van der Waals surface area contributed by atoms with E-state index in [-0.39, 0.29) is 84.2 Å². The molecule has 7 saturated heterocycles. The Morgan fingerprint density at radius 2 is 0.682 bits per heavy atom. The number of aryl methyl sites for hydroxylation is 5. The summed E-state index contributed by atoms with van der Waals surface area (Å²) >= 11 is 6.40. The minimum Gasteiger partial charge on any atom is -0.389 e. The van der Waals surface area contributed by atoms with Crippen LogP contribution in [0.4, 0.5) is 10.3 Å². The van der Waals surface area contributed by atoms with Crippen molar-refractivity contribution in [2.45, 2.75) is 238 Å². The van der Waals surface area contributed by atoms with Crippen molar-refractivity contribution in [3.05, 3.63) is 129 Å². The largest absolute Gasteiger partial charge is 0.389 e. The number of aromatic nitrogens is 24. The van der Waals surface area contributed by atoms with E-state index in [4.69, 9.17) is 50.5 Å². The molecule has 19 rings (SSSR count). The average molecular weight is 2200 g/mol. The molecule has 17 N–H and O–H groups in total. The summed E-state index contributed by atoms with van der Waals surface area (Å²) in [7, 11) is 0. The first kappa shape index (κ1) is 115. The van der Waals surface area contributed by atoms with Crippen molar-refractivity contribution in [1.82, 2.24) is 117 Å². The fraction of sp³-hybridized carbons (Fsp3) is 0.613. The van der Waals surface area contributed by atoms with E-state index in [1.54, 1.807) is 50.7 Å². The Balaban J connectivity index is 0.000000140. The van der Waals surface area contributed by atoms with Crippen molar-refractivity contribution in [3.8, 4) is 0 Å². The molecule has 0 unspecified atom stereocenters. The number of alkyl halides is 2. The highest BCUT2D eigenvalue weighted by Crippen LogP contribution is 2.53. The van der Waals surface area contributed by atoms with Crippen LogP contribution in [0.2, 0.25) is 0 Å². The SMILES string of the molecule is C=P(C)(C)CC[C@@]1(C)O[C@@H](n2cnc3c(=O)[nH]c(C)nc32)[C@H](O)[C@@H]1O.C=P(C)(C)CC[C@@]12CO[C@@H]([C@H](n3cnc4c(=O)[nH]c(C)nc43)O1)[C@@H]2O.C=P(C)(C)CC[C@H]1O[C@@H](n2cnc3c(=O)[nH]c(C)nc32)[C@@](C)(O)[C@@H]1O.C=P(C)(C)CC[C@H]1O[C@@H](n2cnc3c(=O)[nH]c(C)nc32)[C@H](Cl)[C@@H]1O.C=P(C)(C)CC[C@H]1O[C@@H](n2cnc3c(=O)[nH]c(C)nc32)[C@H](F)[C@@H]1O.C=P(C)(C)CC[C@H]1O[C@@H](n2cnc3c(=O)[nH]c(N)nc32)[C@](C)(O)[C@@H]1O. The van der Waals surface area contributed by atoms with Gasteiger partial charge in [0.25, 0.3) is 33.4 Å². The quantitative estimate of drug-likeness (QED) is 0.0301. The van der Waals surface area contributed by atoms with E-state index in [0.717, 1.165) is 37.0 Å². The first-order valence-corrected chi connectivity index (χ1v) is 66.9. The van der Waals surface area contributed by atoms with Gasteiger partial charge in [-0.15, -0.1) is 90.7 Å². The van der Waals surface area contributed by atoms with Gasteiger partial charge in [-0.05, 0) is 211 Å². The monoisotopic (exact) mass is 2200 g/mol. The molecule has 0 saturated carbocycles. The minimum absolute atomic E-state index is 0.0578. The van der Waals surface area contributed by atoms with Crippen LogP contribution in [0.15, 0.2) is 66.7 Å². The second-order valence-corrected chi connectivity index (χ2v) is 70.6. The first-order chi connectivity index (χ1) is 68.6. The summed E-state index contributed by atoms with van der Waals surface area (Å²) in [5.41, 5.74) is 1.74. The number of nitrogen functional groups attached to an aromatic ring is 1. The van der Waals surface area contributed by atoms with Crippen molar-refractivity contribution >= 4 is 164 Å². The number of H-pyrrole nitrogens is 6. The molecule has 0 aromatic carbocycles. The molecular weight excluding hydrogens is 2060 g/mol. The normalized spacial score (nSPS) is 29.8. The van der Waals surface area contributed by atoms with Crippen molar-refractivity contribution < 1.29 is 83.5 Å². The number of aliphatic hydroxyl groups excluding tert-OH is 7. The Morgan fingerprint density at radius 3 is 1.05 bits per heavy atom. The second-order valence-electron chi connectivity index (χ2n) is 44.2. The Morgan fingerprint density at radius 1 is 0.385 bits per heavy atom. The third-order valence-corrected chi connectivity index (χ3v) is 36.2. The lowest BCUT2D eigenvalue weighted by molar-refractivity contribution is -0.172. The summed E-state index contributed by atoms with van der Waals surface area (Å²) in [5, 5.41) is 94.6. The zero-order chi connectivity index (χ0) is 109. The number of nitrogens with zero attached hydrogens (tertiary/aromatic N) is 18. The number of fused-ring (bicyclic) bond motifs is 8. The molecule has 7 aliphatic heterocycles. The first-order valence-electron chi connectivity index (χ1n) is 48.1. The van der Waals surface area contributed by atoms with Gasteiger partial charge in [-0.25, -0.2) is 59.2 Å². The molecular formula is C93H141ClFN25O22P6. The summed E-state index contributed by atoms with van der Waals surface area (Å²) < 4.78 is 65.6. The van der Waals surface area contributed by atoms with E-state index < -0.39 is 185 Å². The van der Waals surface area contributed by atoms with E-state index in [0.29, 0.717) is 96.8 Å². The number of anilines is 1. The number of aromatic amines is 6. The van der Waals surface area contributed by atoms with E-state index in [2.05, 4.69) is 207 Å². The Bertz CT molecular complexity index is 7240. The summed E-state index contributed by atoms with van der Waals surface area (Å²) in [4.78, 5) is 137. The highest BCUT2D eigenvalue weighted by atomic mass is 35.5. The van der Waals surface area contributed by atoms with Crippen LogP contribution < -0.4 is 39.1 Å².